The van der Waals surface area contributed by atoms with Gasteiger partial charge in [0.15, 0.2) is 0 Å². The Labute approximate surface area is 236 Å². The van der Waals surface area contributed by atoms with E-state index in [9.17, 15) is 24.5 Å². The summed E-state index contributed by atoms with van der Waals surface area (Å²) in [5, 5.41) is 15.8. The maximum absolute atomic E-state index is 12.7. The van der Waals surface area contributed by atoms with Crippen LogP contribution in [0.2, 0.25) is 0 Å². The fraction of sp³-hybridized carbons (Fsp3) is 0.233. The molecule has 0 unspecified atom stereocenters. The molecule has 41 heavy (non-hydrogen) atoms. The van der Waals surface area contributed by atoms with Gasteiger partial charge in [-0.3, -0.25) is 10.1 Å². The molecule has 4 rings (SSSR count). The predicted octanol–water partition coefficient (Wildman–Crippen LogP) is 5.10. The average molecular weight is 560 g/mol. The van der Waals surface area contributed by atoms with E-state index in [4.69, 9.17) is 14.2 Å². The second kappa shape index (κ2) is 13.7. The number of hydrogen-bond donors (Lipinski definition) is 2. The van der Waals surface area contributed by atoms with Crippen LogP contribution >= 0.6 is 0 Å². The number of amides is 2. The second-order valence-electron chi connectivity index (χ2n) is 9.15. The second-order valence-corrected chi connectivity index (χ2v) is 9.15. The molecule has 0 aromatic heterocycles. The van der Waals surface area contributed by atoms with E-state index >= 15 is 0 Å². The molecule has 0 radical (unpaired) electrons. The van der Waals surface area contributed by atoms with Crippen LogP contribution in [0.4, 0.5) is 15.3 Å². The number of nitrogens with zero attached hydrogens (tertiary/aromatic N) is 1. The van der Waals surface area contributed by atoms with Crippen molar-refractivity contribution in [2.24, 2.45) is 0 Å². The van der Waals surface area contributed by atoms with Crippen molar-refractivity contribution in [2.45, 2.75) is 24.8 Å². The quantitative estimate of drug-likeness (QED) is 0.102. The SMILES string of the molecule is C=CCOC(=O)[C@H](CCCNC(=O)Oc1ccc([N+](=O)[O-])cc1)NC(=O)OCC1c2ccccc2-c2ccccc21. The molecule has 0 aliphatic heterocycles. The summed E-state index contributed by atoms with van der Waals surface area (Å²) < 4.78 is 15.8. The van der Waals surface area contributed by atoms with Crippen molar-refractivity contribution in [3.63, 3.8) is 0 Å². The minimum atomic E-state index is -1.02. The van der Waals surface area contributed by atoms with Crippen molar-refractivity contribution >= 4 is 23.8 Å². The zero-order chi connectivity index (χ0) is 29.2. The smallest absolute Gasteiger partial charge is 0.412 e. The van der Waals surface area contributed by atoms with Crippen LogP contribution in [0.3, 0.4) is 0 Å². The van der Waals surface area contributed by atoms with Crippen molar-refractivity contribution in [1.29, 1.82) is 0 Å². The molecule has 1 aliphatic carbocycles. The molecule has 0 spiro atoms. The largest absolute Gasteiger partial charge is 0.460 e. The third-order valence-corrected chi connectivity index (χ3v) is 6.46. The normalized spacial score (nSPS) is 12.3. The first-order chi connectivity index (χ1) is 19.9. The van der Waals surface area contributed by atoms with Gasteiger partial charge in [0.05, 0.1) is 4.92 Å². The molecule has 0 fully saturated rings. The van der Waals surface area contributed by atoms with Crippen LogP contribution in [0.15, 0.2) is 85.5 Å². The van der Waals surface area contributed by atoms with E-state index in [0.717, 1.165) is 22.3 Å². The van der Waals surface area contributed by atoms with Gasteiger partial charge in [0, 0.05) is 24.6 Å². The van der Waals surface area contributed by atoms with E-state index in [1.807, 2.05) is 48.5 Å². The summed E-state index contributed by atoms with van der Waals surface area (Å²) in [7, 11) is 0. The van der Waals surface area contributed by atoms with Gasteiger partial charge in [0.1, 0.15) is 25.0 Å². The van der Waals surface area contributed by atoms with Gasteiger partial charge in [-0.15, -0.1) is 0 Å². The van der Waals surface area contributed by atoms with Crippen LogP contribution in [0, 0.1) is 10.1 Å². The number of alkyl carbamates (subject to hydrolysis) is 1. The topological polar surface area (TPSA) is 146 Å². The van der Waals surface area contributed by atoms with Gasteiger partial charge in [-0.25, -0.2) is 14.4 Å². The number of hydrogen-bond acceptors (Lipinski definition) is 8. The number of carbonyl (C=O) groups is 3. The zero-order valence-corrected chi connectivity index (χ0v) is 22.1. The standard InChI is InChI=1S/C30H29N3O8/c1-2-18-39-28(34)27(12-7-17-31-29(35)41-21-15-13-20(14-16-21)33(37)38)32-30(36)40-19-26-24-10-5-3-8-22(24)23-9-4-6-11-25(23)26/h2-6,8-11,13-16,26-27H,1,7,12,17-19H2,(H,31,35)(H,32,36)/t27-/m0/s1. The first-order valence-corrected chi connectivity index (χ1v) is 13.0. The number of rotatable bonds is 12. The molecule has 0 saturated heterocycles. The van der Waals surface area contributed by atoms with Gasteiger partial charge in [0.2, 0.25) is 0 Å². The fourth-order valence-corrected chi connectivity index (χ4v) is 4.55. The van der Waals surface area contributed by atoms with E-state index in [0.29, 0.717) is 6.42 Å². The van der Waals surface area contributed by atoms with Crippen molar-refractivity contribution in [1.82, 2.24) is 10.6 Å². The van der Waals surface area contributed by atoms with Crippen LogP contribution in [0.25, 0.3) is 11.1 Å². The van der Waals surface area contributed by atoms with Gasteiger partial charge in [-0.05, 0) is 47.2 Å². The molecule has 0 heterocycles. The number of nitrogens with one attached hydrogen (secondary N) is 2. The van der Waals surface area contributed by atoms with Crippen LogP contribution in [-0.4, -0.2) is 48.9 Å². The van der Waals surface area contributed by atoms with Gasteiger partial charge in [0.25, 0.3) is 5.69 Å². The molecule has 3 aromatic carbocycles. The average Bonchev–Trinajstić information content (AvgIpc) is 3.30. The fourth-order valence-electron chi connectivity index (χ4n) is 4.55. The zero-order valence-electron chi connectivity index (χ0n) is 22.1. The highest BCUT2D eigenvalue weighted by molar-refractivity contribution is 5.82. The third kappa shape index (κ3) is 7.47. The number of carbonyl (C=O) groups excluding carboxylic acids is 3. The third-order valence-electron chi connectivity index (χ3n) is 6.46. The number of nitro benzene ring substituents is 1. The molecule has 3 aromatic rings. The summed E-state index contributed by atoms with van der Waals surface area (Å²) in [6.07, 6.45) is 0.329. The molecule has 1 atom stereocenters. The van der Waals surface area contributed by atoms with Gasteiger partial charge >= 0.3 is 18.2 Å². The molecule has 0 saturated carbocycles. The first kappa shape index (κ1) is 28.8. The lowest BCUT2D eigenvalue weighted by atomic mass is 9.98. The number of non-ortho nitro benzene ring substituents is 1. The van der Waals surface area contributed by atoms with E-state index in [-0.39, 0.29) is 43.5 Å². The van der Waals surface area contributed by atoms with Crippen LogP contribution < -0.4 is 15.4 Å². The van der Waals surface area contributed by atoms with E-state index < -0.39 is 29.1 Å². The van der Waals surface area contributed by atoms with Crippen LogP contribution in [0.5, 0.6) is 5.75 Å². The monoisotopic (exact) mass is 559 g/mol. The highest BCUT2D eigenvalue weighted by atomic mass is 16.6. The van der Waals surface area contributed by atoms with Crippen molar-refractivity contribution in [2.75, 3.05) is 19.8 Å². The Kier molecular flexibility index (Phi) is 9.66. The molecule has 11 nitrogen and oxygen atoms in total. The Morgan fingerprint density at radius 3 is 2.17 bits per heavy atom. The molecule has 1 aliphatic rings. The molecule has 11 heteroatoms. The highest BCUT2D eigenvalue weighted by Crippen LogP contribution is 2.44. The number of benzene rings is 3. The molecule has 2 amide bonds. The Bertz CT molecular complexity index is 1380. The summed E-state index contributed by atoms with van der Waals surface area (Å²) in [6.45, 7) is 3.71. The molecule has 0 bridgehead atoms. The van der Waals surface area contributed by atoms with Crippen LogP contribution in [0.1, 0.15) is 29.9 Å². The lowest BCUT2D eigenvalue weighted by Gasteiger charge is -2.19. The number of ether oxygens (including phenoxy) is 3. The Balaban J connectivity index is 1.28. The van der Waals surface area contributed by atoms with Gasteiger partial charge in [-0.2, -0.15) is 0 Å². The summed E-state index contributed by atoms with van der Waals surface area (Å²) in [6, 6.07) is 20.0. The Morgan fingerprint density at radius 2 is 1.56 bits per heavy atom. The summed E-state index contributed by atoms with van der Waals surface area (Å²) in [5.41, 5.74) is 4.20. The van der Waals surface area contributed by atoms with Gasteiger partial charge < -0.3 is 24.8 Å². The summed E-state index contributed by atoms with van der Waals surface area (Å²) in [5.74, 6) is -0.659. The highest BCUT2D eigenvalue weighted by Gasteiger charge is 2.30. The first-order valence-electron chi connectivity index (χ1n) is 13.0. The van der Waals surface area contributed by atoms with Crippen molar-refractivity contribution in [3.05, 3.63) is 107 Å². The molecular weight excluding hydrogens is 530 g/mol. The predicted molar refractivity (Wildman–Crippen MR) is 150 cm³/mol. The Hall–Kier alpha value is -5.19. The van der Waals surface area contributed by atoms with Crippen molar-refractivity contribution in [3.8, 4) is 16.9 Å². The molecule has 2 N–H and O–H groups in total. The summed E-state index contributed by atoms with van der Waals surface area (Å²) in [4.78, 5) is 47.5. The number of fused-ring (bicyclic) bond motifs is 3. The van der Waals surface area contributed by atoms with Gasteiger partial charge in [-0.1, -0.05) is 61.2 Å². The maximum atomic E-state index is 12.7. The molecular formula is C30H29N3O8. The number of nitro groups is 1. The van der Waals surface area contributed by atoms with Crippen LogP contribution in [-0.2, 0) is 14.3 Å². The van der Waals surface area contributed by atoms with Crippen molar-refractivity contribution < 1.29 is 33.5 Å². The lowest BCUT2D eigenvalue weighted by molar-refractivity contribution is -0.384. The van der Waals surface area contributed by atoms with E-state index in [2.05, 4.69) is 17.2 Å². The minimum absolute atomic E-state index is 0.0263. The summed E-state index contributed by atoms with van der Waals surface area (Å²) >= 11 is 0. The lowest BCUT2D eigenvalue weighted by Crippen LogP contribution is -2.43. The number of esters is 1. The van der Waals surface area contributed by atoms with E-state index in [1.54, 1.807) is 0 Å². The minimum Gasteiger partial charge on any atom is -0.460 e. The Morgan fingerprint density at radius 1 is 0.927 bits per heavy atom. The maximum Gasteiger partial charge on any atom is 0.412 e. The molecule has 212 valence electrons. The van der Waals surface area contributed by atoms with E-state index in [1.165, 1.54) is 30.3 Å².